The van der Waals surface area contributed by atoms with E-state index in [1.165, 1.54) is 0 Å². The Hall–Kier alpha value is -0.780. The number of hydrogen-bond acceptors (Lipinski definition) is 4. The van der Waals surface area contributed by atoms with Gasteiger partial charge in [-0.1, -0.05) is 20.8 Å². The van der Waals surface area contributed by atoms with Crippen molar-refractivity contribution in [1.82, 2.24) is 10.6 Å². The highest BCUT2D eigenvalue weighted by Gasteiger charge is 2.25. The largest absolute Gasteiger partial charge is 0.383 e. The molecule has 5 nitrogen and oxygen atoms in total. The van der Waals surface area contributed by atoms with Gasteiger partial charge in [0.05, 0.1) is 5.56 Å². The Bertz CT molecular complexity index is 351. The van der Waals surface area contributed by atoms with E-state index in [2.05, 4.69) is 10.6 Å². The zero-order valence-corrected chi connectivity index (χ0v) is 10.2. The number of H-pyrrole nitrogens is 1. The summed E-state index contributed by atoms with van der Waals surface area (Å²) >= 11 is 0. The zero-order valence-electron chi connectivity index (χ0n) is 9.34. The van der Waals surface area contributed by atoms with Gasteiger partial charge >= 0.3 is 0 Å². The molecule has 6 heteroatoms. The molecule has 0 aliphatic rings. The molecule has 0 aliphatic heterocycles. The van der Waals surface area contributed by atoms with Crippen LogP contribution in [0.2, 0.25) is 0 Å². The second kappa shape index (κ2) is 5.34. The van der Waals surface area contributed by atoms with Crippen LogP contribution in [-0.2, 0) is 16.9 Å². The molecule has 1 heterocycles. The van der Waals surface area contributed by atoms with Crippen LogP contribution in [0, 0.1) is 0 Å². The maximum Gasteiger partial charge on any atom is 0.285 e. The third-order valence-corrected chi connectivity index (χ3v) is 1.84. The number of nitrogens with one attached hydrogen (secondary N) is 2. The lowest BCUT2D eigenvalue weighted by molar-refractivity contribution is 0.0426. The van der Waals surface area contributed by atoms with Crippen molar-refractivity contribution in [1.29, 1.82) is 0 Å². The maximum absolute atomic E-state index is 11.3. The number of hydrogen-bond donors (Lipinski definition) is 2. The predicted octanol–water partition coefficient (Wildman–Crippen LogP) is 1.34. The molecule has 1 aromatic rings. The van der Waals surface area contributed by atoms with Gasteiger partial charge in [0.1, 0.15) is 12.4 Å². The van der Waals surface area contributed by atoms with Crippen molar-refractivity contribution in [3.63, 3.8) is 0 Å². The van der Waals surface area contributed by atoms with E-state index in [0.717, 1.165) is 0 Å². The summed E-state index contributed by atoms with van der Waals surface area (Å²) in [6.07, 6.45) is 0. The number of aromatic amines is 1. The molecular weight excluding hydrogens is 220 g/mol. The second-order valence-corrected chi connectivity index (χ2v) is 4.08. The number of aromatic nitrogens is 1. The first-order chi connectivity index (χ1) is 6.46. The molecule has 88 valence electrons. The standard InChI is InChI=1S/C9H16N2O3.ClH/c1-9(2,3)7-6(5-13-10-4)8(12)11-14-7;/h10H,5H2,1-4H3,(H,11,12);1H. The molecular formula is C9H17ClN2O3. The van der Waals surface area contributed by atoms with Crippen molar-refractivity contribution in [2.45, 2.75) is 32.8 Å². The molecule has 0 bridgehead atoms. The van der Waals surface area contributed by atoms with Gasteiger partial charge in [0.2, 0.25) is 0 Å². The summed E-state index contributed by atoms with van der Waals surface area (Å²) in [6.45, 7) is 6.13. The van der Waals surface area contributed by atoms with Crippen molar-refractivity contribution in [3.8, 4) is 0 Å². The minimum Gasteiger partial charge on any atom is -0.383 e. The Labute approximate surface area is 94.5 Å². The topological polar surface area (TPSA) is 67.3 Å². The molecule has 0 fully saturated rings. The third kappa shape index (κ3) is 3.37. The van der Waals surface area contributed by atoms with Crippen LogP contribution in [0.25, 0.3) is 0 Å². The smallest absolute Gasteiger partial charge is 0.285 e. The van der Waals surface area contributed by atoms with Crippen molar-refractivity contribution < 1.29 is 9.36 Å². The maximum atomic E-state index is 11.3. The van der Waals surface area contributed by atoms with E-state index in [1.807, 2.05) is 20.8 Å². The highest BCUT2D eigenvalue weighted by atomic mass is 35.5. The summed E-state index contributed by atoms with van der Waals surface area (Å²) < 4.78 is 5.11. The van der Waals surface area contributed by atoms with Gasteiger partial charge in [0.15, 0.2) is 0 Å². The van der Waals surface area contributed by atoms with E-state index in [1.54, 1.807) is 7.05 Å². The molecule has 0 radical (unpaired) electrons. The van der Waals surface area contributed by atoms with E-state index in [0.29, 0.717) is 11.3 Å². The molecule has 0 aliphatic carbocycles. The molecule has 0 spiro atoms. The van der Waals surface area contributed by atoms with Crippen LogP contribution in [0.15, 0.2) is 9.32 Å². The minimum absolute atomic E-state index is 0. The summed E-state index contributed by atoms with van der Waals surface area (Å²) in [6, 6.07) is 0. The third-order valence-electron chi connectivity index (χ3n) is 1.84. The summed E-state index contributed by atoms with van der Waals surface area (Å²) in [7, 11) is 1.64. The molecule has 0 saturated heterocycles. The monoisotopic (exact) mass is 236 g/mol. The van der Waals surface area contributed by atoms with Gasteiger partial charge in [0, 0.05) is 12.5 Å². The molecule has 0 aromatic carbocycles. The Morgan fingerprint density at radius 3 is 2.53 bits per heavy atom. The Balaban J connectivity index is 0.00000196. The number of hydroxylamine groups is 1. The fraction of sp³-hybridized carbons (Fsp3) is 0.667. The fourth-order valence-corrected chi connectivity index (χ4v) is 1.20. The summed E-state index contributed by atoms with van der Waals surface area (Å²) in [5.74, 6) is 0.637. The summed E-state index contributed by atoms with van der Waals surface area (Å²) in [4.78, 5) is 16.3. The van der Waals surface area contributed by atoms with Gasteiger partial charge < -0.3 is 4.52 Å². The fourth-order valence-electron chi connectivity index (χ4n) is 1.20. The van der Waals surface area contributed by atoms with Gasteiger partial charge in [0.25, 0.3) is 5.56 Å². The molecule has 1 aromatic heterocycles. The second-order valence-electron chi connectivity index (χ2n) is 4.08. The Morgan fingerprint density at radius 2 is 2.07 bits per heavy atom. The highest BCUT2D eigenvalue weighted by Crippen LogP contribution is 2.23. The van der Waals surface area contributed by atoms with Crippen LogP contribution < -0.4 is 11.0 Å². The summed E-state index contributed by atoms with van der Waals surface area (Å²) in [5, 5.41) is 2.31. The van der Waals surface area contributed by atoms with Gasteiger partial charge in [-0.15, -0.1) is 12.4 Å². The lowest BCUT2D eigenvalue weighted by Gasteiger charge is -2.15. The average molecular weight is 237 g/mol. The van der Waals surface area contributed by atoms with Gasteiger partial charge in [-0.3, -0.25) is 9.63 Å². The number of halogens is 1. The highest BCUT2D eigenvalue weighted by molar-refractivity contribution is 5.85. The molecule has 0 atom stereocenters. The van der Waals surface area contributed by atoms with E-state index in [-0.39, 0.29) is 30.0 Å². The van der Waals surface area contributed by atoms with E-state index in [4.69, 9.17) is 9.36 Å². The van der Waals surface area contributed by atoms with Crippen LogP contribution in [0.3, 0.4) is 0 Å². The predicted molar refractivity (Wildman–Crippen MR) is 59.1 cm³/mol. The summed E-state index contributed by atoms with van der Waals surface area (Å²) in [5.41, 5.74) is 2.62. The van der Waals surface area contributed by atoms with Crippen LogP contribution in [-0.4, -0.2) is 12.2 Å². The van der Waals surface area contributed by atoms with Crippen LogP contribution in [0.1, 0.15) is 32.1 Å². The average Bonchev–Trinajstić information content (AvgIpc) is 2.42. The molecule has 1 rings (SSSR count). The van der Waals surface area contributed by atoms with Gasteiger partial charge in [-0.25, -0.2) is 5.48 Å². The van der Waals surface area contributed by atoms with Crippen molar-refractivity contribution in [2.75, 3.05) is 7.05 Å². The lowest BCUT2D eigenvalue weighted by Crippen LogP contribution is -2.19. The van der Waals surface area contributed by atoms with Gasteiger partial charge in [-0.2, -0.15) is 5.16 Å². The molecule has 0 saturated carbocycles. The van der Waals surface area contributed by atoms with Crippen molar-refractivity contribution in [3.05, 3.63) is 21.7 Å². The van der Waals surface area contributed by atoms with E-state index in [9.17, 15) is 4.79 Å². The molecule has 2 N–H and O–H groups in total. The van der Waals surface area contributed by atoms with E-state index < -0.39 is 0 Å². The first-order valence-corrected chi connectivity index (χ1v) is 4.46. The van der Waals surface area contributed by atoms with Crippen LogP contribution in [0.5, 0.6) is 0 Å². The zero-order chi connectivity index (χ0) is 10.8. The van der Waals surface area contributed by atoms with Crippen LogP contribution in [0.4, 0.5) is 0 Å². The molecule has 0 unspecified atom stereocenters. The molecule has 15 heavy (non-hydrogen) atoms. The molecule has 0 amide bonds. The minimum atomic E-state index is -0.231. The Kier molecular flexibility index (Phi) is 5.07. The first-order valence-electron chi connectivity index (χ1n) is 4.46. The Morgan fingerprint density at radius 1 is 1.47 bits per heavy atom. The van der Waals surface area contributed by atoms with Crippen LogP contribution >= 0.6 is 12.4 Å². The lowest BCUT2D eigenvalue weighted by atomic mass is 9.91. The van der Waals surface area contributed by atoms with E-state index >= 15 is 0 Å². The quantitative estimate of drug-likeness (QED) is 0.778. The van der Waals surface area contributed by atoms with Crippen molar-refractivity contribution in [2.24, 2.45) is 0 Å². The number of rotatable bonds is 3. The van der Waals surface area contributed by atoms with Gasteiger partial charge in [-0.05, 0) is 0 Å². The SMILES string of the molecule is CNOCc1c(C(C)(C)C)o[nH]c1=O.Cl. The normalized spacial score (nSPS) is 11.2. The first kappa shape index (κ1) is 14.2. The van der Waals surface area contributed by atoms with Crippen molar-refractivity contribution >= 4 is 12.4 Å².